The number of nitrogens with one attached hydrogen (secondary N) is 1. The second-order valence-corrected chi connectivity index (χ2v) is 5.11. The highest BCUT2D eigenvalue weighted by Crippen LogP contribution is 2.29. The summed E-state index contributed by atoms with van der Waals surface area (Å²) in [5, 5.41) is 2.89. The Balaban J connectivity index is 0.00000441. The Kier molecular flexibility index (Phi) is 7.90. The maximum absolute atomic E-state index is 12.4. The number of halogens is 4. The molecule has 1 aromatic rings. The van der Waals surface area contributed by atoms with Crippen molar-refractivity contribution in [3.05, 3.63) is 35.4 Å². The van der Waals surface area contributed by atoms with Crippen LogP contribution in [0.15, 0.2) is 24.3 Å². The molecule has 0 aliphatic rings. The van der Waals surface area contributed by atoms with E-state index < -0.39 is 17.3 Å². The number of hydrogen-bond donors (Lipinski definition) is 2. The third kappa shape index (κ3) is 5.50. The zero-order valence-electron chi connectivity index (χ0n) is 12.7. The lowest BCUT2D eigenvalue weighted by Crippen LogP contribution is -2.53. The summed E-state index contributed by atoms with van der Waals surface area (Å²) in [5.41, 5.74) is 5.08. The van der Waals surface area contributed by atoms with Gasteiger partial charge in [0.1, 0.15) is 0 Å². The first-order valence-corrected chi connectivity index (χ1v) is 6.93. The number of hydrogen-bond acceptors (Lipinski definition) is 2. The van der Waals surface area contributed by atoms with Crippen molar-refractivity contribution in [1.82, 2.24) is 5.32 Å². The Morgan fingerprint density at radius 3 is 2.00 bits per heavy atom. The van der Waals surface area contributed by atoms with Crippen LogP contribution >= 0.6 is 12.4 Å². The van der Waals surface area contributed by atoms with E-state index in [0.717, 1.165) is 12.1 Å². The molecule has 1 aromatic carbocycles. The van der Waals surface area contributed by atoms with Crippen molar-refractivity contribution in [2.24, 2.45) is 5.73 Å². The zero-order valence-corrected chi connectivity index (χ0v) is 13.5. The summed E-state index contributed by atoms with van der Waals surface area (Å²) in [6.45, 7) is 4.21. The van der Waals surface area contributed by atoms with Crippen molar-refractivity contribution in [2.75, 3.05) is 6.54 Å². The summed E-state index contributed by atoms with van der Waals surface area (Å²) >= 11 is 0. The summed E-state index contributed by atoms with van der Waals surface area (Å²) < 4.78 is 37.3. The van der Waals surface area contributed by atoms with Gasteiger partial charge in [0, 0.05) is 6.54 Å². The molecule has 0 aromatic heterocycles. The first kappa shape index (κ1) is 20.7. The van der Waals surface area contributed by atoms with Gasteiger partial charge >= 0.3 is 6.18 Å². The number of carbonyl (C=O) groups is 1. The molecule has 0 aliphatic heterocycles. The summed E-state index contributed by atoms with van der Waals surface area (Å²) in [6, 6.07) is 4.62. The summed E-state index contributed by atoms with van der Waals surface area (Å²) in [7, 11) is 0. The number of alkyl halides is 3. The fourth-order valence-electron chi connectivity index (χ4n) is 2.10. The van der Waals surface area contributed by atoms with Crippen LogP contribution in [0.3, 0.4) is 0 Å². The van der Waals surface area contributed by atoms with Gasteiger partial charge in [0.25, 0.3) is 0 Å². The van der Waals surface area contributed by atoms with Gasteiger partial charge in [-0.2, -0.15) is 13.2 Å². The van der Waals surface area contributed by atoms with Gasteiger partial charge in [-0.05, 0) is 30.5 Å². The number of carbonyl (C=O) groups excluding carboxylic acids is 1. The molecule has 1 rings (SSSR count). The molecule has 0 aliphatic carbocycles. The van der Waals surface area contributed by atoms with Crippen LogP contribution in [0.2, 0.25) is 0 Å². The highest BCUT2D eigenvalue weighted by molar-refractivity contribution is 5.85. The molecule has 0 saturated heterocycles. The van der Waals surface area contributed by atoms with Gasteiger partial charge < -0.3 is 11.1 Å². The monoisotopic (exact) mass is 338 g/mol. The fraction of sp³-hybridized carbons (Fsp3) is 0.533. The molecular weight excluding hydrogens is 317 g/mol. The molecule has 22 heavy (non-hydrogen) atoms. The zero-order chi connectivity index (χ0) is 16.1. The molecule has 0 radical (unpaired) electrons. The third-order valence-corrected chi connectivity index (χ3v) is 3.79. The molecule has 3 nitrogen and oxygen atoms in total. The Morgan fingerprint density at radius 1 is 1.14 bits per heavy atom. The molecule has 1 amide bonds. The van der Waals surface area contributed by atoms with E-state index in [4.69, 9.17) is 5.73 Å². The van der Waals surface area contributed by atoms with E-state index in [-0.39, 0.29) is 24.7 Å². The van der Waals surface area contributed by atoms with Crippen LogP contribution in [0, 0.1) is 0 Å². The Morgan fingerprint density at radius 2 is 1.64 bits per heavy atom. The average Bonchev–Trinajstić information content (AvgIpc) is 2.44. The average molecular weight is 339 g/mol. The number of nitrogens with two attached hydrogens (primary N) is 1. The van der Waals surface area contributed by atoms with Gasteiger partial charge in [-0.15, -0.1) is 12.4 Å². The minimum absolute atomic E-state index is 0. The van der Waals surface area contributed by atoms with Crippen LogP contribution in [0.25, 0.3) is 0 Å². The van der Waals surface area contributed by atoms with Crippen LogP contribution in [0.4, 0.5) is 13.2 Å². The highest BCUT2D eigenvalue weighted by Gasteiger charge is 2.30. The molecular formula is C15H22ClF3N2O. The highest BCUT2D eigenvalue weighted by atomic mass is 35.5. The normalized spacial score (nSPS) is 11.7. The molecule has 0 spiro atoms. The molecule has 0 saturated carbocycles. The summed E-state index contributed by atoms with van der Waals surface area (Å²) in [4.78, 5) is 12.0. The van der Waals surface area contributed by atoms with Gasteiger partial charge in [0.05, 0.1) is 17.5 Å². The molecule has 0 fully saturated rings. The lowest BCUT2D eigenvalue weighted by molar-refractivity contribution is -0.137. The van der Waals surface area contributed by atoms with Crippen LogP contribution in [-0.2, 0) is 17.4 Å². The van der Waals surface area contributed by atoms with Gasteiger partial charge in [-0.25, -0.2) is 0 Å². The molecule has 126 valence electrons. The maximum atomic E-state index is 12.4. The Labute approximate surface area is 134 Å². The second-order valence-electron chi connectivity index (χ2n) is 5.11. The smallest absolute Gasteiger partial charge is 0.349 e. The van der Waals surface area contributed by atoms with Crippen molar-refractivity contribution in [1.29, 1.82) is 0 Å². The molecule has 0 atom stereocenters. The first-order valence-electron chi connectivity index (χ1n) is 6.93. The Hall–Kier alpha value is -1.27. The minimum Gasteiger partial charge on any atom is -0.349 e. The van der Waals surface area contributed by atoms with Crippen LogP contribution < -0.4 is 11.1 Å². The van der Waals surface area contributed by atoms with E-state index >= 15 is 0 Å². The van der Waals surface area contributed by atoms with Crippen molar-refractivity contribution in [3.63, 3.8) is 0 Å². The maximum Gasteiger partial charge on any atom is 0.416 e. The molecule has 3 N–H and O–H groups in total. The molecule has 7 heteroatoms. The van der Waals surface area contributed by atoms with Crippen molar-refractivity contribution in [3.8, 4) is 0 Å². The first-order chi connectivity index (χ1) is 9.76. The minimum atomic E-state index is -4.36. The van der Waals surface area contributed by atoms with E-state index in [9.17, 15) is 18.0 Å². The summed E-state index contributed by atoms with van der Waals surface area (Å²) in [5.74, 6) is -0.232. The van der Waals surface area contributed by atoms with Crippen molar-refractivity contribution in [2.45, 2.75) is 44.8 Å². The predicted molar refractivity (Wildman–Crippen MR) is 82.9 cm³/mol. The summed E-state index contributed by atoms with van der Waals surface area (Å²) in [6.07, 6.45) is -2.91. The van der Waals surface area contributed by atoms with E-state index in [1.807, 2.05) is 13.8 Å². The topological polar surface area (TPSA) is 55.1 Å². The van der Waals surface area contributed by atoms with E-state index in [0.29, 0.717) is 24.9 Å². The largest absolute Gasteiger partial charge is 0.416 e. The van der Waals surface area contributed by atoms with Crippen molar-refractivity contribution >= 4 is 18.3 Å². The molecule has 0 heterocycles. The lowest BCUT2D eigenvalue weighted by atomic mass is 9.92. The SMILES string of the molecule is CCC(CC)(CN)NC(=O)Cc1ccc(C(F)(F)F)cc1.Cl. The van der Waals surface area contributed by atoms with E-state index in [1.165, 1.54) is 12.1 Å². The van der Waals surface area contributed by atoms with Gasteiger partial charge in [-0.1, -0.05) is 26.0 Å². The van der Waals surface area contributed by atoms with Gasteiger partial charge in [0.2, 0.25) is 5.91 Å². The van der Waals surface area contributed by atoms with Crippen LogP contribution in [0.1, 0.15) is 37.8 Å². The standard InChI is InChI=1S/C15H21F3N2O.ClH/c1-3-14(4-2,10-19)20-13(21)9-11-5-7-12(8-6-11)15(16,17)18;/h5-8H,3-4,9-10,19H2,1-2H3,(H,20,21);1H. The fourth-order valence-corrected chi connectivity index (χ4v) is 2.10. The predicted octanol–water partition coefficient (Wildman–Crippen LogP) is 3.30. The third-order valence-electron chi connectivity index (χ3n) is 3.79. The van der Waals surface area contributed by atoms with Crippen molar-refractivity contribution < 1.29 is 18.0 Å². The molecule has 0 bridgehead atoms. The lowest BCUT2D eigenvalue weighted by Gasteiger charge is -2.31. The number of rotatable bonds is 6. The van der Waals surface area contributed by atoms with E-state index in [2.05, 4.69) is 5.32 Å². The van der Waals surface area contributed by atoms with E-state index in [1.54, 1.807) is 0 Å². The quantitative estimate of drug-likeness (QED) is 0.836. The van der Waals surface area contributed by atoms with Crippen LogP contribution in [-0.4, -0.2) is 18.0 Å². The van der Waals surface area contributed by atoms with Gasteiger partial charge in [-0.3, -0.25) is 4.79 Å². The van der Waals surface area contributed by atoms with Gasteiger partial charge in [0.15, 0.2) is 0 Å². The number of benzene rings is 1. The Bertz CT molecular complexity index is 462. The number of amides is 1. The second kappa shape index (κ2) is 8.39. The molecule has 0 unspecified atom stereocenters. The van der Waals surface area contributed by atoms with Crippen LogP contribution in [0.5, 0.6) is 0 Å².